The molecular weight excluding hydrogens is 358 g/mol. The number of piperazine rings is 1. The maximum Gasteiger partial charge on any atom is 0.227 e. The molecule has 0 N–H and O–H groups in total. The predicted octanol–water partition coefficient (Wildman–Crippen LogP) is 3.85. The van der Waals surface area contributed by atoms with Gasteiger partial charge in [0.25, 0.3) is 0 Å². The third kappa shape index (κ3) is 4.32. The maximum atomic E-state index is 13.6. The van der Waals surface area contributed by atoms with Crippen molar-refractivity contribution in [3.63, 3.8) is 0 Å². The van der Waals surface area contributed by atoms with E-state index in [1.165, 1.54) is 11.3 Å². The number of likely N-dealkylation sites (tertiary alicyclic amines) is 1. The van der Waals surface area contributed by atoms with Crippen LogP contribution < -0.4 is 4.90 Å². The van der Waals surface area contributed by atoms with Crippen molar-refractivity contribution in [2.45, 2.75) is 32.2 Å². The molecular formula is C25H33N3O. The Kier molecular flexibility index (Phi) is 5.64. The van der Waals surface area contributed by atoms with Crippen LogP contribution in [-0.2, 0) is 4.79 Å². The summed E-state index contributed by atoms with van der Waals surface area (Å²) in [6.07, 6.45) is 0. The fraction of sp³-hybridized carbons (Fsp3) is 0.480. The lowest BCUT2D eigenvalue weighted by Crippen LogP contribution is -2.51. The Bertz CT molecular complexity index is 807. The average Bonchev–Trinajstić information content (AvgIpc) is 3.21. The van der Waals surface area contributed by atoms with Gasteiger partial charge in [-0.2, -0.15) is 0 Å². The molecule has 4 heteroatoms. The lowest BCUT2D eigenvalue weighted by atomic mass is 9.88. The average molecular weight is 392 g/mol. The van der Waals surface area contributed by atoms with E-state index in [1.54, 1.807) is 0 Å². The van der Waals surface area contributed by atoms with E-state index in [0.29, 0.717) is 5.91 Å². The van der Waals surface area contributed by atoms with Crippen molar-refractivity contribution in [1.82, 2.24) is 9.80 Å². The molecule has 1 amide bonds. The Morgan fingerprint density at radius 2 is 1.41 bits per heavy atom. The van der Waals surface area contributed by atoms with E-state index in [4.69, 9.17) is 0 Å². The molecule has 2 atom stereocenters. The number of benzene rings is 2. The van der Waals surface area contributed by atoms with Crippen LogP contribution in [0.2, 0.25) is 0 Å². The SMILES string of the molecule is CC(C)(C)N1C[C@H](C(=O)N2CCN(c3ccccc3)CC2)[C@@H](c2ccccc2)C1. The molecule has 0 spiro atoms. The Hall–Kier alpha value is -2.33. The van der Waals surface area contributed by atoms with Crippen LogP contribution in [-0.4, -0.2) is 60.5 Å². The van der Waals surface area contributed by atoms with E-state index in [2.05, 4.69) is 90.1 Å². The maximum absolute atomic E-state index is 13.6. The molecule has 0 unspecified atom stereocenters. The molecule has 0 aromatic heterocycles. The summed E-state index contributed by atoms with van der Waals surface area (Å²) in [5, 5.41) is 0. The third-order valence-electron chi connectivity index (χ3n) is 6.53. The van der Waals surface area contributed by atoms with Crippen molar-refractivity contribution < 1.29 is 4.79 Å². The van der Waals surface area contributed by atoms with Gasteiger partial charge in [0.15, 0.2) is 0 Å². The molecule has 4 rings (SSSR count). The second-order valence-electron chi connectivity index (χ2n) is 9.35. The molecule has 0 saturated carbocycles. The third-order valence-corrected chi connectivity index (χ3v) is 6.53. The van der Waals surface area contributed by atoms with Crippen LogP contribution >= 0.6 is 0 Å². The van der Waals surface area contributed by atoms with E-state index in [9.17, 15) is 4.79 Å². The number of para-hydroxylation sites is 1. The van der Waals surface area contributed by atoms with Crippen LogP contribution in [0, 0.1) is 5.92 Å². The van der Waals surface area contributed by atoms with E-state index < -0.39 is 0 Å². The van der Waals surface area contributed by atoms with Crippen molar-refractivity contribution in [3.8, 4) is 0 Å². The zero-order valence-corrected chi connectivity index (χ0v) is 17.9. The van der Waals surface area contributed by atoms with Gasteiger partial charge in [-0.1, -0.05) is 48.5 Å². The van der Waals surface area contributed by atoms with Crippen molar-refractivity contribution >= 4 is 11.6 Å². The fourth-order valence-corrected chi connectivity index (χ4v) is 4.70. The minimum absolute atomic E-state index is 0.0416. The second-order valence-corrected chi connectivity index (χ2v) is 9.35. The molecule has 2 aromatic rings. The number of nitrogens with zero attached hydrogens (tertiary/aromatic N) is 3. The fourth-order valence-electron chi connectivity index (χ4n) is 4.70. The van der Waals surface area contributed by atoms with Crippen LogP contribution in [0.15, 0.2) is 60.7 Å². The van der Waals surface area contributed by atoms with Crippen LogP contribution in [0.4, 0.5) is 5.69 Å². The molecule has 0 bridgehead atoms. The standard InChI is InChI=1S/C25H33N3O/c1-25(2,3)28-18-22(20-10-6-4-7-11-20)23(19-28)24(29)27-16-14-26(15-17-27)21-12-8-5-9-13-21/h4-13,22-23H,14-19H2,1-3H3/t22-,23+/m1/s1. The minimum atomic E-state index is 0.0416. The highest BCUT2D eigenvalue weighted by atomic mass is 16.2. The summed E-state index contributed by atoms with van der Waals surface area (Å²) < 4.78 is 0. The molecule has 29 heavy (non-hydrogen) atoms. The molecule has 2 heterocycles. The lowest BCUT2D eigenvalue weighted by molar-refractivity contribution is -0.136. The number of anilines is 1. The first kappa shape index (κ1) is 20.0. The van der Waals surface area contributed by atoms with Crippen molar-refractivity contribution in [2.75, 3.05) is 44.2 Å². The van der Waals surface area contributed by atoms with Gasteiger partial charge in [0, 0.05) is 56.4 Å². The Balaban J connectivity index is 1.47. The van der Waals surface area contributed by atoms with Gasteiger partial charge in [-0.3, -0.25) is 9.69 Å². The van der Waals surface area contributed by atoms with Gasteiger partial charge in [0.05, 0.1) is 5.92 Å². The van der Waals surface area contributed by atoms with Gasteiger partial charge in [-0.25, -0.2) is 0 Å². The van der Waals surface area contributed by atoms with Gasteiger partial charge in [-0.05, 0) is 38.5 Å². The van der Waals surface area contributed by atoms with Gasteiger partial charge >= 0.3 is 0 Å². The zero-order valence-electron chi connectivity index (χ0n) is 17.9. The van der Waals surface area contributed by atoms with Crippen molar-refractivity contribution in [2.24, 2.45) is 5.92 Å². The summed E-state index contributed by atoms with van der Waals surface area (Å²) in [5.74, 6) is 0.647. The first-order chi connectivity index (χ1) is 13.9. The molecule has 2 aromatic carbocycles. The van der Waals surface area contributed by atoms with E-state index in [0.717, 1.165) is 39.3 Å². The smallest absolute Gasteiger partial charge is 0.227 e. The van der Waals surface area contributed by atoms with Gasteiger partial charge in [0.2, 0.25) is 5.91 Å². The summed E-state index contributed by atoms with van der Waals surface area (Å²) in [4.78, 5) is 20.5. The number of hydrogen-bond donors (Lipinski definition) is 0. The highest BCUT2D eigenvalue weighted by Crippen LogP contribution is 2.37. The predicted molar refractivity (Wildman–Crippen MR) is 119 cm³/mol. The lowest BCUT2D eigenvalue weighted by Gasteiger charge is -2.38. The normalized spacial score (nSPS) is 23.4. The largest absolute Gasteiger partial charge is 0.368 e. The Labute approximate surface area is 175 Å². The monoisotopic (exact) mass is 391 g/mol. The molecule has 2 aliphatic rings. The molecule has 0 aliphatic carbocycles. The minimum Gasteiger partial charge on any atom is -0.368 e. The topological polar surface area (TPSA) is 26.8 Å². The van der Waals surface area contributed by atoms with Crippen LogP contribution in [0.25, 0.3) is 0 Å². The second kappa shape index (κ2) is 8.19. The molecule has 4 nitrogen and oxygen atoms in total. The first-order valence-corrected chi connectivity index (χ1v) is 10.8. The molecule has 2 aliphatic heterocycles. The van der Waals surface area contributed by atoms with Gasteiger partial charge < -0.3 is 9.80 Å². The van der Waals surface area contributed by atoms with Gasteiger partial charge in [0.1, 0.15) is 0 Å². The summed E-state index contributed by atoms with van der Waals surface area (Å²) in [7, 11) is 0. The summed E-state index contributed by atoms with van der Waals surface area (Å²) in [6, 6.07) is 21.1. The molecule has 2 saturated heterocycles. The Morgan fingerprint density at radius 1 is 0.828 bits per heavy atom. The van der Waals surface area contributed by atoms with Crippen LogP contribution in [0.1, 0.15) is 32.3 Å². The molecule has 0 radical (unpaired) electrons. The number of carbonyl (C=O) groups is 1. The summed E-state index contributed by atoms with van der Waals surface area (Å²) in [6.45, 7) is 12.0. The highest BCUT2D eigenvalue weighted by Gasteiger charge is 2.43. The van der Waals surface area contributed by atoms with Crippen molar-refractivity contribution in [3.05, 3.63) is 66.2 Å². The highest BCUT2D eigenvalue weighted by molar-refractivity contribution is 5.81. The van der Waals surface area contributed by atoms with E-state index in [1.807, 2.05) is 6.07 Å². The van der Waals surface area contributed by atoms with Gasteiger partial charge in [-0.15, -0.1) is 0 Å². The quantitative estimate of drug-likeness (QED) is 0.795. The van der Waals surface area contributed by atoms with E-state index in [-0.39, 0.29) is 17.4 Å². The molecule has 154 valence electrons. The van der Waals surface area contributed by atoms with Crippen LogP contribution in [0.3, 0.4) is 0 Å². The number of amides is 1. The first-order valence-electron chi connectivity index (χ1n) is 10.8. The number of carbonyl (C=O) groups excluding carboxylic acids is 1. The number of hydrogen-bond acceptors (Lipinski definition) is 3. The summed E-state index contributed by atoms with van der Waals surface area (Å²) >= 11 is 0. The molecule has 2 fully saturated rings. The van der Waals surface area contributed by atoms with Crippen molar-refractivity contribution in [1.29, 1.82) is 0 Å². The van der Waals surface area contributed by atoms with E-state index >= 15 is 0 Å². The van der Waals surface area contributed by atoms with Crippen LogP contribution in [0.5, 0.6) is 0 Å². The Morgan fingerprint density at radius 3 is 2.00 bits per heavy atom. The zero-order chi connectivity index (χ0) is 20.4. The summed E-state index contributed by atoms with van der Waals surface area (Å²) in [5.41, 5.74) is 2.62. The number of rotatable bonds is 3.